The van der Waals surface area contributed by atoms with E-state index in [2.05, 4.69) is 29.3 Å². The molecule has 0 bridgehead atoms. The Balaban J connectivity index is 3.44. The third kappa shape index (κ3) is 3.87. The highest BCUT2D eigenvalue weighted by Gasteiger charge is 1.81. The second kappa shape index (κ2) is 4.84. The lowest BCUT2D eigenvalue weighted by Gasteiger charge is -1.89. The molecule has 0 aliphatic heterocycles. The summed E-state index contributed by atoms with van der Waals surface area (Å²) in [6, 6.07) is 0. The Morgan fingerprint density at radius 3 is 2.75 bits per heavy atom. The average molecular weight is 130 g/mol. The van der Waals surface area contributed by atoms with Crippen LogP contribution >= 0.6 is 12.6 Å². The molecule has 0 saturated carbocycles. The summed E-state index contributed by atoms with van der Waals surface area (Å²) in [7, 11) is 0. The highest BCUT2D eigenvalue weighted by molar-refractivity contribution is 7.80. The van der Waals surface area contributed by atoms with E-state index in [9.17, 15) is 0 Å². The van der Waals surface area contributed by atoms with E-state index in [-0.39, 0.29) is 0 Å². The zero-order valence-electron chi connectivity index (χ0n) is 4.96. The van der Waals surface area contributed by atoms with Crippen molar-refractivity contribution in [2.24, 2.45) is 9.98 Å². The van der Waals surface area contributed by atoms with Gasteiger partial charge in [-0.15, -0.1) is 0 Å². The van der Waals surface area contributed by atoms with Crippen molar-refractivity contribution < 1.29 is 0 Å². The molecule has 46 valence electrons. The standard InChI is InChI=1S/C5H10N2S/c1-5(3-6-2)7-4-8/h8H,2-4H2,1H3. The number of rotatable bonds is 3. The van der Waals surface area contributed by atoms with Gasteiger partial charge in [0.05, 0.1) is 12.4 Å². The van der Waals surface area contributed by atoms with Crippen LogP contribution in [-0.2, 0) is 0 Å². The van der Waals surface area contributed by atoms with Crippen LogP contribution in [0.5, 0.6) is 0 Å². The first-order valence-electron chi connectivity index (χ1n) is 2.34. The van der Waals surface area contributed by atoms with Gasteiger partial charge in [-0.05, 0) is 13.6 Å². The van der Waals surface area contributed by atoms with E-state index in [0.717, 1.165) is 5.71 Å². The Morgan fingerprint density at radius 1 is 1.75 bits per heavy atom. The molecule has 0 aromatic carbocycles. The lowest BCUT2D eigenvalue weighted by molar-refractivity contribution is 1.25. The Hall–Kier alpha value is -0.310. The monoisotopic (exact) mass is 130 g/mol. The summed E-state index contributed by atoms with van der Waals surface area (Å²) in [5.41, 5.74) is 0.981. The van der Waals surface area contributed by atoms with Crippen molar-refractivity contribution in [2.75, 3.05) is 12.4 Å². The first-order chi connectivity index (χ1) is 3.81. The van der Waals surface area contributed by atoms with E-state index >= 15 is 0 Å². The first-order valence-corrected chi connectivity index (χ1v) is 2.97. The van der Waals surface area contributed by atoms with Gasteiger partial charge >= 0.3 is 0 Å². The Morgan fingerprint density at radius 2 is 2.38 bits per heavy atom. The summed E-state index contributed by atoms with van der Waals surface area (Å²) < 4.78 is 0. The number of aliphatic imine (C=N–C) groups is 2. The van der Waals surface area contributed by atoms with Gasteiger partial charge < -0.3 is 0 Å². The van der Waals surface area contributed by atoms with Crippen LogP contribution in [0.1, 0.15) is 6.92 Å². The summed E-state index contributed by atoms with van der Waals surface area (Å²) in [5.74, 6) is 0.543. The molecule has 8 heavy (non-hydrogen) atoms. The summed E-state index contributed by atoms with van der Waals surface area (Å²) in [5, 5.41) is 0. The van der Waals surface area contributed by atoms with Crippen molar-refractivity contribution in [1.82, 2.24) is 0 Å². The second-order valence-electron chi connectivity index (χ2n) is 1.42. The second-order valence-corrected chi connectivity index (χ2v) is 1.70. The van der Waals surface area contributed by atoms with Crippen molar-refractivity contribution in [3.05, 3.63) is 0 Å². The molecule has 0 N–H and O–H groups in total. The van der Waals surface area contributed by atoms with E-state index in [1.807, 2.05) is 6.92 Å². The lowest BCUT2D eigenvalue weighted by atomic mass is 10.4. The van der Waals surface area contributed by atoms with Crippen LogP contribution in [0.15, 0.2) is 9.98 Å². The average Bonchev–Trinajstić information content (AvgIpc) is 1.68. The molecule has 0 aliphatic rings. The van der Waals surface area contributed by atoms with Crippen molar-refractivity contribution in [1.29, 1.82) is 0 Å². The van der Waals surface area contributed by atoms with Gasteiger partial charge in [-0.2, -0.15) is 12.6 Å². The molecule has 0 aliphatic carbocycles. The summed E-state index contributed by atoms with van der Waals surface area (Å²) in [6.45, 7) is 5.86. The molecular formula is C5H10N2S. The van der Waals surface area contributed by atoms with Gasteiger partial charge in [0.2, 0.25) is 0 Å². The van der Waals surface area contributed by atoms with Crippen LogP contribution in [-0.4, -0.2) is 24.9 Å². The molecule has 0 amide bonds. The van der Waals surface area contributed by atoms with Crippen LogP contribution in [0.25, 0.3) is 0 Å². The summed E-state index contributed by atoms with van der Waals surface area (Å²) in [6.07, 6.45) is 0. The molecule has 0 heterocycles. The van der Waals surface area contributed by atoms with Crippen LogP contribution in [0, 0.1) is 0 Å². The number of hydrogen-bond acceptors (Lipinski definition) is 3. The minimum Gasteiger partial charge on any atom is -0.295 e. The summed E-state index contributed by atoms with van der Waals surface area (Å²) >= 11 is 3.90. The maximum absolute atomic E-state index is 3.96. The van der Waals surface area contributed by atoms with Crippen LogP contribution in [0.4, 0.5) is 0 Å². The zero-order valence-corrected chi connectivity index (χ0v) is 5.86. The molecule has 0 aromatic heterocycles. The maximum Gasteiger partial charge on any atom is 0.0814 e. The quantitative estimate of drug-likeness (QED) is 0.436. The molecule has 0 unspecified atom stereocenters. The molecule has 0 atom stereocenters. The highest BCUT2D eigenvalue weighted by atomic mass is 32.1. The van der Waals surface area contributed by atoms with Gasteiger partial charge in [0.15, 0.2) is 0 Å². The minimum absolute atomic E-state index is 0.543. The fourth-order valence-corrected chi connectivity index (χ4v) is 0.574. The van der Waals surface area contributed by atoms with E-state index in [0.29, 0.717) is 12.4 Å². The smallest absolute Gasteiger partial charge is 0.0814 e. The van der Waals surface area contributed by atoms with Crippen LogP contribution in [0.3, 0.4) is 0 Å². The van der Waals surface area contributed by atoms with Crippen molar-refractivity contribution >= 4 is 25.1 Å². The van der Waals surface area contributed by atoms with E-state index in [1.54, 1.807) is 0 Å². The molecule has 0 saturated heterocycles. The largest absolute Gasteiger partial charge is 0.295 e. The van der Waals surface area contributed by atoms with Gasteiger partial charge in [-0.25, -0.2) is 0 Å². The Bertz CT molecular complexity index is 98.6. The lowest BCUT2D eigenvalue weighted by Crippen LogP contribution is -1.95. The van der Waals surface area contributed by atoms with E-state index < -0.39 is 0 Å². The van der Waals surface area contributed by atoms with E-state index in [4.69, 9.17) is 0 Å². The highest BCUT2D eigenvalue weighted by Crippen LogP contribution is 1.80. The Labute approximate surface area is 55.1 Å². The zero-order chi connectivity index (χ0) is 6.41. The van der Waals surface area contributed by atoms with Crippen molar-refractivity contribution in [3.8, 4) is 0 Å². The predicted molar refractivity (Wildman–Crippen MR) is 41.4 cm³/mol. The summed E-state index contributed by atoms with van der Waals surface area (Å²) in [4.78, 5) is 7.60. The van der Waals surface area contributed by atoms with Gasteiger partial charge in [-0.3, -0.25) is 9.98 Å². The molecule has 2 nitrogen and oxygen atoms in total. The van der Waals surface area contributed by atoms with Gasteiger partial charge in [0.25, 0.3) is 0 Å². The van der Waals surface area contributed by atoms with Crippen molar-refractivity contribution in [2.45, 2.75) is 6.92 Å². The van der Waals surface area contributed by atoms with Crippen LogP contribution < -0.4 is 0 Å². The van der Waals surface area contributed by atoms with Gasteiger partial charge in [0, 0.05) is 5.71 Å². The van der Waals surface area contributed by atoms with Gasteiger partial charge in [-0.1, -0.05) is 0 Å². The molecule has 0 rings (SSSR count). The molecule has 0 spiro atoms. The predicted octanol–water partition coefficient (Wildman–Crippen LogP) is 1.04. The Kier molecular flexibility index (Phi) is 4.65. The topological polar surface area (TPSA) is 24.7 Å². The molecule has 0 fully saturated rings. The van der Waals surface area contributed by atoms with Crippen molar-refractivity contribution in [3.63, 3.8) is 0 Å². The third-order valence-corrected chi connectivity index (χ3v) is 0.823. The minimum atomic E-state index is 0.543. The molecule has 3 heteroatoms. The molecular weight excluding hydrogens is 120 g/mol. The fourth-order valence-electron chi connectivity index (χ4n) is 0.333. The maximum atomic E-state index is 3.96. The van der Waals surface area contributed by atoms with Gasteiger partial charge in [0.1, 0.15) is 0 Å². The van der Waals surface area contributed by atoms with E-state index in [1.165, 1.54) is 0 Å². The number of thiol groups is 1. The normalized spacial score (nSPS) is 11.5. The SMILES string of the molecule is C=NCC(C)=NCS. The fraction of sp³-hybridized carbons (Fsp3) is 0.600. The number of hydrogen-bond donors (Lipinski definition) is 1. The third-order valence-electron chi connectivity index (χ3n) is 0.681. The molecule has 0 aromatic rings. The number of nitrogens with zero attached hydrogens (tertiary/aromatic N) is 2. The van der Waals surface area contributed by atoms with Crippen LogP contribution in [0.2, 0.25) is 0 Å². The first kappa shape index (κ1) is 7.69. The molecule has 0 radical (unpaired) electrons.